The van der Waals surface area contributed by atoms with E-state index in [0.717, 1.165) is 25.7 Å². The Morgan fingerprint density at radius 3 is 1.78 bits per heavy atom. The molecule has 1 saturated heterocycles. The van der Waals surface area contributed by atoms with Gasteiger partial charge < -0.3 is 20.6 Å². The number of hydrogen-bond acceptors (Lipinski definition) is 3. The molecule has 3 fully saturated rings. The Labute approximate surface area is 161 Å². The lowest BCUT2D eigenvalue weighted by Gasteiger charge is -2.36. The molecule has 152 valence electrons. The fraction of sp³-hybridized carbons (Fsp3) is 0.850. The molecule has 1 heterocycles. The van der Waals surface area contributed by atoms with Gasteiger partial charge in [0.1, 0.15) is 0 Å². The van der Waals surface area contributed by atoms with E-state index in [9.17, 15) is 14.4 Å². The predicted molar refractivity (Wildman–Crippen MR) is 101 cm³/mol. The van der Waals surface area contributed by atoms with Crippen LogP contribution in [0.1, 0.15) is 70.6 Å². The third-order valence-corrected chi connectivity index (χ3v) is 6.51. The molecule has 2 saturated carbocycles. The van der Waals surface area contributed by atoms with Crippen LogP contribution in [0.3, 0.4) is 0 Å². The Morgan fingerprint density at radius 2 is 1.22 bits per heavy atom. The van der Waals surface area contributed by atoms with E-state index in [0.29, 0.717) is 44.8 Å². The van der Waals surface area contributed by atoms with Crippen molar-refractivity contribution in [2.24, 2.45) is 11.8 Å². The van der Waals surface area contributed by atoms with Crippen LogP contribution in [0.2, 0.25) is 0 Å². The Morgan fingerprint density at radius 1 is 0.704 bits per heavy atom. The second kappa shape index (κ2) is 9.42. The van der Waals surface area contributed by atoms with Gasteiger partial charge in [-0.2, -0.15) is 0 Å². The molecule has 0 aromatic rings. The first-order chi connectivity index (χ1) is 13.0. The Balaban J connectivity index is 1.36. The van der Waals surface area contributed by atoms with Crippen molar-refractivity contribution in [3.8, 4) is 0 Å². The van der Waals surface area contributed by atoms with E-state index < -0.39 is 5.97 Å². The zero-order chi connectivity index (χ0) is 19.2. The number of carbonyl (C=O) groups excluding carboxylic acids is 2. The van der Waals surface area contributed by atoms with Gasteiger partial charge in [-0.3, -0.25) is 9.59 Å². The number of urea groups is 1. The molecule has 3 N–H and O–H groups in total. The number of piperidine rings is 1. The SMILES string of the molecule is O=C(NC1CCCCC1)NC1CCN(C(=O)C2CCC(C(=O)O)CC2)CC1. The molecule has 3 amide bonds. The van der Waals surface area contributed by atoms with Gasteiger partial charge in [0.25, 0.3) is 0 Å². The van der Waals surface area contributed by atoms with Crippen molar-refractivity contribution in [1.29, 1.82) is 0 Å². The minimum Gasteiger partial charge on any atom is -0.481 e. The van der Waals surface area contributed by atoms with Crippen LogP contribution < -0.4 is 10.6 Å². The minimum atomic E-state index is -0.737. The van der Waals surface area contributed by atoms with E-state index >= 15 is 0 Å². The number of rotatable bonds is 4. The molecule has 0 bridgehead atoms. The molecular formula is C20H33N3O4. The highest BCUT2D eigenvalue weighted by Crippen LogP contribution is 2.31. The molecule has 0 aromatic heterocycles. The lowest BCUT2D eigenvalue weighted by molar-refractivity contribution is -0.146. The fourth-order valence-corrected chi connectivity index (χ4v) is 4.75. The summed E-state index contributed by atoms with van der Waals surface area (Å²) in [6.07, 6.45) is 9.94. The first-order valence-corrected chi connectivity index (χ1v) is 10.6. The topological polar surface area (TPSA) is 98.7 Å². The van der Waals surface area contributed by atoms with Crippen molar-refractivity contribution in [3.05, 3.63) is 0 Å². The number of aliphatic carboxylic acids is 1. The number of amides is 3. The van der Waals surface area contributed by atoms with Crippen molar-refractivity contribution in [2.75, 3.05) is 13.1 Å². The maximum atomic E-state index is 12.7. The van der Waals surface area contributed by atoms with Gasteiger partial charge >= 0.3 is 12.0 Å². The van der Waals surface area contributed by atoms with Crippen LogP contribution >= 0.6 is 0 Å². The molecule has 3 aliphatic rings. The van der Waals surface area contributed by atoms with Gasteiger partial charge in [0, 0.05) is 31.1 Å². The molecule has 7 nitrogen and oxygen atoms in total. The molecule has 1 aliphatic heterocycles. The highest BCUT2D eigenvalue weighted by molar-refractivity contribution is 5.80. The summed E-state index contributed by atoms with van der Waals surface area (Å²) in [5.41, 5.74) is 0. The quantitative estimate of drug-likeness (QED) is 0.699. The molecular weight excluding hydrogens is 346 g/mol. The maximum absolute atomic E-state index is 12.7. The zero-order valence-electron chi connectivity index (χ0n) is 16.1. The van der Waals surface area contributed by atoms with E-state index in [1.165, 1.54) is 19.3 Å². The van der Waals surface area contributed by atoms with Crippen LogP contribution in [-0.2, 0) is 9.59 Å². The minimum absolute atomic E-state index is 0.0280. The Bertz CT molecular complexity index is 531. The summed E-state index contributed by atoms with van der Waals surface area (Å²) in [4.78, 5) is 37.8. The highest BCUT2D eigenvalue weighted by atomic mass is 16.4. The van der Waals surface area contributed by atoms with E-state index in [1.807, 2.05) is 4.90 Å². The third-order valence-electron chi connectivity index (χ3n) is 6.51. The van der Waals surface area contributed by atoms with E-state index in [-0.39, 0.29) is 29.8 Å². The average Bonchev–Trinajstić information content (AvgIpc) is 2.69. The molecule has 27 heavy (non-hydrogen) atoms. The maximum Gasteiger partial charge on any atom is 0.315 e. The van der Waals surface area contributed by atoms with Gasteiger partial charge in [0.2, 0.25) is 5.91 Å². The van der Waals surface area contributed by atoms with Crippen LogP contribution in [0.15, 0.2) is 0 Å². The molecule has 0 radical (unpaired) electrons. The second-order valence-electron chi connectivity index (χ2n) is 8.44. The first-order valence-electron chi connectivity index (χ1n) is 10.6. The van der Waals surface area contributed by atoms with Crippen molar-refractivity contribution in [1.82, 2.24) is 15.5 Å². The number of hydrogen-bond donors (Lipinski definition) is 3. The first kappa shape index (κ1) is 20.0. The number of likely N-dealkylation sites (tertiary alicyclic amines) is 1. The highest BCUT2D eigenvalue weighted by Gasteiger charge is 2.33. The number of nitrogens with one attached hydrogen (secondary N) is 2. The standard InChI is InChI=1S/C20H33N3O4/c24-18(14-6-8-15(9-7-14)19(25)26)23-12-10-17(11-13-23)22-20(27)21-16-4-2-1-3-5-16/h14-17H,1-13H2,(H,25,26)(H2,21,22,27). The monoisotopic (exact) mass is 379 g/mol. The van der Waals surface area contributed by atoms with Gasteiger partial charge in [0.05, 0.1) is 5.92 Å². The summed E-state index contributed by atoms with van der Waals surface area (Å²) in [6, 6.07) is 0.361. The molecule has 7 heteroatoms. The van der Waals surface area contributed by atoms with Gasteiger partial charge in [-0.05, 0) is 51.4 Å². The van der Waals surface area contributed by atoms with Crippen molar-refractivity contribution < 1.29 is 19.5 Å². The molecule has 3 rings (SSSR count). The van der Waals surface area contributed by atoms with E-state index in [1.54, 1.807) is 0 Å². The molecule has 0 aromatic carbocycles. The van der Waals surface area contributed by atoms with Gasteiger partial charge in [-0.1, -0.05) is 19.3 Å². The average molecular weight is 380 g/mol. The Kier molecular flexibility index (Phi) is 6.96. The normalized spacial score (nSPS) is 27.8. The zero-order valence-corrected chi connectivity index (χ0v) is 16.1. The summed E-state index contributed by atoms with van der Waals surface area (Å²) in [5, 5.41) is 15.2. The van der Waals surface area contributed by atoms with Gasteiger partial charge in [0.15, 0.2) is 0 Å². The lowest BCUT2D eigenvalue weighted by atomic mass is 9.81. The molecule has 0 unspecified atom stereocenters. The number of carbonyl (C=O) groups is 3. The van der Waals surface area contributed by atoms with Crippen LogP contribution in [0, 0.1) is 11.8 Å². The number of nitrogens with zero attached hydrogens (tertiary/aromatic N) is 1. The number of carboxylic acids is 1. The van der Waals surface area contributed by atoms with Crippen LogP contribution in [0.5, 0.6) is 0 Å². The van der Waals surface area contributed by atoms with Crippen molar-refractivity contribution >= 4 is 17.9 Å². The summed E-state index contributed by atoms with van der Waals surface area (Å²) < 4.78 is 0. The Hall–Kier alpha value is -1.79. The second-order valence-corrected chi connectivity index (χ2v) is 8.44. The van der Waals surface area contributed by atoms with Gasteiger partial charge in [-0.25, -0.2) is 4.79 Å². The van der Waals surface area contributed by atoms with Crippen LogP contribution in [0.25, 0.3) is 0 Å². The molecule has 0 atom stereocenters. The van der Waals surface area contributed by atoms with E-state index in [4.69, 9.17) is 5.11 Å². The number of carboxylic acid groups (broad SMARTS) is 1. The van der Waals surface area contributed by atoms with Crippen molar-refractivity contribution in [3.63, 3.8) is 0 Å². The molecule has 0 spiro atoms. The van der Waals surface area contributed by atoms with Gasteiger partial charge in [-0.15, -0.1) is 0 Å². The largest absolute Gasteiger partial charge is 0.481 e. The fourth-order valence-electron chi connectivity index (χ4n) is 4.75. The predicted octanol–water partition coefficient (Wildman–Crippen LogP) is 2.50. The summed E-state index contributed by atoms with van der Waals surface area (Å²) in [5.74, 6) is -0.880. The van der Waals surface area contributed by atoms with Crippen molar-refractivity contribution in [2.45, 2.75) is 82.7 Å². The smallest absolute Gasteiger partial charge is 0.315 e. The summed E-state index contributed by atoms with van der Waals surface area (Å²) in [7, 11) is 0. The molecule has 2 aliphatic carbocycles. The summed E-state index contributed by atoms with van der Waals surface area (Å²) >= 11 is 0. The lowest BCUT2D eigenvalue weighted by Crippen LogP contribution is -2.52. The van der Waals surface area contributed by atoms with Crippen LogP contribution in [0.4, 0.5) is 4.79 Å². The van der Waals surface area contributed by atoms with E-state index in [2.05, 4.69) is 10.6 Å². The summed E-state index contributed by atoms with van der Waals surface area (Å²) in [6.45, 7) is 1.35. The van der Waals surface area contributed by atoms with Crippen LogP contribution in [-0.4, -0.2) is 53.1 Å². The third kappa shape index (κ3) is 5.59.